The third-order valence-corrected chi connectivity index (χ3v) is 8.80. The summed E-state index contributed by atoms with van der Waals surface area (Å²) in [4.78, 5) is 10.2. The molecule has 0 N–H and O–H groups in total. The van der Waals surface area contributed by atoms with Gasteiger partial charge in [0.2, 0.25) is 0 Å². The summed E-state index contributed by atoms with van der Waals surface area (Å²) in [5, 5.41) is 5.13. The molecule has 1 aliphatic carbocycles. The highest BCUT2D eigenvalue weighted by molar-refractivity contribution is 7.26. The quantitative estimate of drug-likeness (QED) is 0.226. The third-order valence-electron chi connectivity index (χ3n) is 7.58. The number of aryl methyl sites for hydroxylation is 1. The molecule has 3 heteroatoms. The monoisotopic (exact) mass is 490 g/mol. The standard InChI is InChI=1S/C34H22N2S/c1-3-14-27-24(11-1)25-12-2-4-15-28(25)33-32(27)35-20-30(36-33)22-10-7-9-21(19-22)23-16-8-17-29-26-13-5-6-18-31(26)37-34(23)29/h2-10,12-20H,1,11H2. The van der Waals surface area contributed by atoms with Gasteiger partial charge in [0.15, 0.2) is 0 Å². The summed E-state index contributed by atoms with van der Waals surface area (Å²) in [5.41, 5.74) is 9.06. The van der Waals surface area contributed by atoms with Crippen molar-refractivity contribution in [3.8, 4) is 22.4 Å². The smallest absolute Gasteiger partial charge is 0.0979 e. The Morgan fingerprint density at radius 2 is 1.46 bits per heavy atom. The fourth-order valence-electron chi connectivity index (χ4n) is 5.85. The molecule has 174 valence electrons. The summed E-state index contributed by atoms with van der Waals surface area (Å²) in [6.07, 6.45) is 8.56. The third kappa shape index (κ3) is 3.18. The Bertz CT molecular complexity index is 2050. The van der Waals surface area contributed by atoms with Crippen molar-refractivity contribution in [1.29, 1.82) is 0 Å². The number of allylic oxidation sites excluding steroid dienone is 1. The average molecular weight is 491 g/mol. The molecule has 7 aromatic rings. The van der Waals surface area contributed by atoms with E-state index in [1.807, 2.05) is 17.5 Å². The van der Waals surface area contributed by atoms with Gasteiger partial charge in [-0.05, 0) is 47.1 Å². The molecule has 2 nitrogen and oxygen atoms in total. The molecule has 2 heterocycles. The first kappa shape index (κ1) is 20.8. The molecule has 2 aromatic heterocycles. The second kappa shape index (κ2) is 8.09. The highest BCUT2D eigenvalue weighted by Gasteiger charge is 2.17. The zero-order chi connectivity index (χ0) is 24.3. The Balaban J connectivity index is 1.33. The van der Waals surface area contributed by atoms with Crippen molar-refractivity contribution < 1.29 is 0 Å². The van der Waals surface area contributed by atoms with Crippen molar-refractivity contribution >= 4 is 59.4 Å². The van der Waals surface area contributed by atoms with Crippen LogP contribution in [0.4, 0.5) is 0 Å². The minimum absolute atomic E-state index is 0.905. The van der Waals surface area contributed by atoms with Crippen LogP contribution in [0.3, 0.4) is 0 Å². The van der Waals surface area contributed by atoms with Gasteiger partial charge in [0.25, 0.3) is 0 Å². The first-order valence-corrected chi connectivity index (χ1v) is 13.5. The van der Waals surface area contributed by atoms with E-state index in [9.17, 15) is 0 Å². The highest BCUT2D eigenvalue weighted by atomic mass is 32.1. The maximum Gasteiger partial charge on any atom is 0.0979 e. The Hall–Kier alpha value is -4.34. The Morgan fingerprint density at radius 3 is 2.41 bits per heavy atom. The second-order valence-corrected chi connectivity index (χ2v) is 10.7. The van der Waals surface area contributed by atoms with E-state index in [0.717, 1.165) is 35.1 Å². The number of rotatable bonds is 2. The van der Waals surface area contributed by atoms with Crippen molar-refractivity contribution in [2.75, 3.05) is 0 Å². The summed E-state index contributed by atoms with van der Waals surface area (Å²) in [5.74, 6) is 0. The van der Waals surface area contributed by atoms with E-state index in [-0.39, 0.29) is 0 Å². The van der Waals surface area contributed by atoms with Gasteiger partial charge in [0, 0.05) is 36.7 Å². The second-order valence-electron chi connectivity index (χ2n) is 9.69. The summed E-state index contributed by atoms with van der Waals surface area (Å²) >= 11 is 1.87. The molecule has 0 amide bonds. The highest BCUT2D eigenvalue weighted by Crippen LogP contribution is 2.41. The van der Waals surface area contributed by atoms with Gasteiger partial charge in [0.1, 0.15) is 0 Å². The van der Waals surface area contributed by atoms with Crippen LogP contribution in [0.25, 0.3) is 70.4 Å². The Morgan fingerprint density at radius 1 is 0.676 bits per heavy atom. The van der Waals surface area contributed by atoms with Gasteiger partial charge >= 0.3 is 0 Å². The van der Waals surface area contributed by atoms with Crippen LogP contribution in [0.5, 0.6) is 0 Å². The maximum absolute atomic E-state index is 5.22. The maximum atomic E-state index is 5.22. The van der Waals surface area contributed by atoms with Gasteiger partial charge in [-0.1, -0.05) is 91.0 Å². The minimum atomic E-state index is 0.905. The van der Waals surface area contributed by atoms with Gasteiger partial charge in [-0.3, -0.25) is 4.98 Å². The van der Waals surface area contributed by atoms with E-state index in [0.29, 0.717) is 0 Å². The van der Waals surface area contributed by atoms with Crippen LogP contribution in [-0.4, -0.2) is 9.97 Å². The van der Waals surface area contributed by atoms with Crippen molar-refractivity contribution in [2.45, 2.75) is 12.8 Å². The number of nitrogens with zero attached hydrogens (tertiary/aromatic N) is 2. The van der Waals surface area contributed by atoms with Crippen LogP contribution in [0.15, 0.2) is 103 Å². The number of fused-ring (bicyclic) bond motifs is 9. The summed E-state index contributed by atoms with van der Waals surface area (Å²) in [6, 6.07) is 32.7. The zero-order valence-electron chi connectivity index (χ0n) is 20.1. The normalized spacial score (nSPS) is 13.1. The van der Waals surface area contributed by atoms with Crippen molar-refractivity contribution in [2.24, 2.45) is 0 Å². The summed E-state index contributed by atoms with van der Waals surface area (Å²) in [6.45, 7) is 0. The molecule has 0 unspecified atom stereocenters. The molecule has 5 aromatic carbocycles. The molecular weight excluding hydrogens is 468 g/mol. The predicted octanol–water partition coefficient (Wildman–Crippen LogP) is 9.44. The molecule has 0 radical (unpaired) electrons. The Labute approximate surface area is 218 Å². The van der Waals surface area contributed by atoms with Crippen molar-refractivity contribution in [1.82, 2.24) is 9.97 Å². The molecule has 0 spiro atoms. The molecule has 1 aliphatic rings. The molecule has 0 saturated heterocycles. The lowest BCUT2D eigenvalue weighted by molar-refractivity contribution is 0.998. The zero-order valence-corrected chi connectivity index (χ0v) is 20.9. The fourth-order valence-corrected chi connectivity index (χ4v) is 7.09. The SMILES string of the molecule is C1=Cc2c(c3ccccc3c3nc(-c4cccc(-c5cccc6c5sc5ccccc56)c4)cnc23)CC1. The average Bonchev–Trinajstić information content (AvgIpc) is 3.36. The number of aromatic nitrogens is 2. The molecule has 0 atom stereocenters. The fraction of sp³-hybridized carbons (Fsp3) is 0.0588. The van der Waals surface area contributed by atoms with E-state index in [1.54, 1.807) is 0 Å². The summed E-state index contributed by atoms with van der Waals surface area (Å²) < 4.78 is 2.65. The van der Waals surface area contributed by atoms with Crippen LogP contribution < -0.4 is 0 Å². The van der Waals surface area contributed by atoms with Gasteiger partial charge in [0.05, 0.1) is 22.9 Å². The molecule has 0 aliphatic heterocycles. The molecule has 0 fully saturated rings. The van der Waals surface area contributed by atoms with Crippen LogP contribution >= 0.6 is 11.3 Å². The van der Waals surface area contributed by atoms with Gasteiger partial charge in [-0.2, -0.15) is 0 Å². The predicted molar refractivity (Wildman–Crippen MR) is 158 cm³/mol. The van der Waals surface area contributed by atoms with Crippen LogP contribution in [-0.2, 0) is 6.42 Å². The van der Waals surface area contributed by atoms with Crippen LogP contribution in [0.1, 0.15) is 17.5 Å². The minimum Gasteiger partial charge on any atom is -0.252 e. The molecular formula is C34H22N2S. The van der Waals surface area contributed by atoms with E-state index in [2.05, 4.69) is 103 Å². The molecule has 8 rings (SSSR count). The Kier molecular flexibility index (Phi) is 4.55. The van der Waals surface area contributed by atoms with E-state index in [4.69, 9.17) is 9.97 Å². The molecule has 0 bridgehead atoms. The molecule has 37 heavy (non-hydrogen) atoms. The largest absolute Gasteiger partial charge is 0.252 e. The number of thiophene rings is 1. The van der Waals surface area contributed by atoms with Gasteiger partial charge in [-0.15, -0.1) is 11.3 Å². The van der Waals surface area contributed by atoms with Crippen LogP contribution in [0, 0.1) is 0 Å². The van der Waals surface area contributed by atoms with Crippen molar-refractivity contribution in [3.63, 3.8) is 0 Å². The van der Waals surface area contributed by atoms with Crippen LogP contribution in [0.2, 0.25) is 0 Å². The lowest BCUT2D eigenvalue weighted by Crippen LogP contribution is -2.00. The lowest BCUT2D eigenvalue weighted by atomic mass is 9.90. The topological polar surface area (TPSA) is 25.8 Å². The molecule has 0 saturated carbocycles. The number of hydrogen-bond donors (Lipinski definition) is 0. The van der Waals surface area contributed by atoms with Crippen molar-refractivity contribution in [3.05, 3.63) is 114 Å². The van der Waals surface area contributed by atoms with E-state index in [1.165, 1.54) is 53.2 Å². The van der Waals surface area contributed by atoms with E-state index >= 15 is 0 Å². The number of hydrogen-bond acceptors (Lipinski definition) is 3. The first-order valence-electron chi connectivity index (χ1n) is 12.7. The number of benzene rings is 5. The van der Waals surface area contributed by atoms with Gasteiger partial charge < -0.3 is 0 Å². The van der Waals surface area contributed by atoms with Gasteiger partial charge in [-0.25, -0.2) is 4.98 Å². The first-order chi connectivity index (χ1) is 18.3. The summed E-state index contributed by atoms with van der Waals surface area (Å²) in [7, 11) is 0. The van der Waals surface area contributed by atoms with E-state index < -0.39 is 0 Å². The lowest BCUT2D eigenvalue weighted by Gasteiger charge is -2.17.